The number of rotatable bonds is 0. The average molecular weight is 523 g/mol. The molecule has 0 aromatic heterocycles. The Morgan fingerprint density at radius 1 is 0.139 bits per heavy atom. The van der Waals surface area contributed by atoms with E-state index in [4.69, 9.17) is 46.0 Å². The first-order valence-electron chi connectivity index (χ1n) is 10.0. The van der Waals surface area contributed by atoms with Crippen molar-refractivity contribution in [3.63, 3.8) is 0 Å². The van der Waals surface area contributed by atoms with Gasteiger partial charge in [0.15, 0.2) is 0 Å². The smallest absolute Gasteiger partial charge is 0.0319 e. The summed E-state index contributed by atoms with van der Waals surface area (Å²) in [5, 5.41) is 63.0. The molecule has 0 aliphatic carbocycles. The van der Waals surface area contributed by atoms with Gasteiger partial charge in [0.05, 0.1) is 0 Å². The summed E-state index contributed by atoms with van der Waals surface area (Å²) in [5.41, 5.74) is 0. The van der Waals surface area contributed by atoms with Gasteiger partial charge in [-0.3, -0.25) is 0 Å². The van der Waals surface area contributed by atoms with E-state index in [0.717, 1.165) is 64.0 Å². The van der Waals surface area contributed by atoms with Gasteiger partial charge in [-0.05, 0) is 0 Å². The maximum Gasteiger partial charge on any atom is 0.0319 e. The fourth-order valence-corrected chi connectivity index (χ4v) is 1.15. The standard InChI is InChI=1S/3C6H6.9CH4O/c3*1-2-4-6-5-3-1;9*1-2/h3*1-6H;9*2H,1H3. The van der Waals surface area contributed by atoms with Gasteiger partial charge in [-0.2, -0.15) is 0 Å². The maximum absolute atomic E-state index is 7.00. The van der Waals surface area contributed by atoms with Gasteiger partial charge in [-0.25, -0.2) is 0 Å². The molecule has 3 aromatic carbocycles. The van der Waals surface area contributed by atoms with Crippen molar-refractivity contribution < 1.29 is 46.0 Å². The van der Waals surface area contributed by atoms with E-state index < -0.39 is 0 Å². The molecule has 0 atom stereocenters. The Bertz CT molecular complexity index is 320. The topological polar surface area (TPSA) is 182 Å². The molecule has 0 aliphatic rings. The van der Waals surface area contributed by atoms with Crippen molar-refractivity contribution in [2.75, 3.05) is 64.0 Å². The quantitative estimate of drug-likeness (QED) is 0.211. The lowest BCUT2D eigenvalue weighted by Gasteiger charge is -1.69. The zero-order chi connectivity index (χ0) is 30.7. The van der Waals surface area contributed by atoms with Gasteiger partial charge in [-0.15, -0.1) is 0 Å². The second-order valence-electron chi connectivity index (χ2n) is 3.46. The van der Waals surface area contributed by atoms with Gasteiger partial charge < -0.3 is 46.0 Å². The van der Waals surface area contributed by atoms with Crippen LogP contribution in [0.1, 0.15) is 0 Å². The van der Waals surface area contributed by atoms with Crippen LogP contribution in [0, 0.1) is 0 Å². The summed E-state index contributed by atoms with van der Waals surface area (Å²) in [6.45, 7) is 0. The second-order valence-corrected chi connectivity index (χ2v) is 3.46. The average Bonchev–Trinajstić information content (AvgIpc) is 3.09. The number of hydrogen-bond donors (Lipinski definition) is 9. The Labute approximate surface area is 219 Å². The maximum atomic E-state index is 7.00. The lowest BCUT2D eigenvalue weighted by molar-refractivity contribution is 0.399. The molecule has 9 N–H and O–H groups in total. The summed E-state index contributed by atoms with van der Waals surface area (Å²) in [6, 6.07) is 36.0. The molecule has 9 nitrogen and oxygen atoms in total. The minimum Gasteiger partial charge on any atom is -0.400 e. The fourth-order valence-electron chi connectivity index (χ4n) is 1.15. The van der Waals surface area contributed by atoms with Crippen LogP contribution >= 0.6 is 0 Å². The summed E-state index contributed by atoms with van der Waals surface area (Å²) in [5.74, 6) is 0. The third kappa shape index (κ3) is 123. The van der Waals surface area contributed by atoms with E-state index in [1.54, 1.807) is 0 Å². The van der Waals surface area contributed by atoms with Crippen molar-refractivity contribution in [3.05, 3.63) is 109 Å². The molecule has 0 saturated carbocycles. The van der Waals surface area contributed by atoms with Crippen molar-refractivity contribution in [2.45, 2.75) is 0 Å². The van der Waals surface area contributed by atoms with E-state index in [1.807, 2.05) is 109 Å². The summed E-state index contributed by atoms with van der Waals surface area (Å²) in [7, 11) is 9.00. The molecule has 216 valence electrons. The predicted molar refractivity (Wildman–Crippen MR) is 153 cm³/mol. The highest BCUT2D eigenvalue weighted by Gasteiger charge is 1.59. The first-order chi connectivity index (χ1) is 18.0. The zero-order valence-electron chi connectivity index (χ0n) is 23.4. The molecular weight excluding hydrogens is 468 g/mol. The SMILES string of the molecule is CO.CO.CO.CO.CO.CO.CO.CO.CO.c1ccccc1.c1ccccc1.c1ccccc1. The molecule has 3 aromatic rings. The Morgan fingerprint density at radius 3 is 0.194 bits per heavy atom. The van der Waals surface area contributed by atoms with E-state index >= 15 is 0 Å². The van der Waals surface area contributed by atoms with Crippen LogP contribution in [0.25, 0.3) is 0 Å². The number of aliphatic hydroxyl groups excluding tert-OH is 9. The van der Waals surface area contributed by atoms with Gasteiger partial charge in [0.25, 0.3) is 0 Å². The molecule has 0 amide bonds. The molecular formula is C27H54O9. The van der Waals surface area contributed by atoms with Gasteiger partial charge in [0.2, 0.25) is 0 Å². The Morgan fingerprint density at radius 2 is 0.167 bits per heavy atom. The molecule has 9 heteroatoms. The van der Waals surface area contributed by atoms with E-state index in [0.29, 0.717) is 0 Å². The van der Waals surface area contributed by atoms with Gasteiger partial charge in [-0.1, -0.05) is 109 Å². The molecule has 0 heterocycles. The molecule has 0 bridgehead atoms. The molecule has 0 aliphatic heterocycles. The molecule has 36 heavy (non-hydrogen) atoms. The van der Waals surface area contributed by atoms with Crippen molar-refractivity contribution in [3.8, 4) is 0 Å². The number of hydrogen-bond acceptors (Lipinski definition) is 9. The Kier molecular flexibility index (Phi) is 221. The van der Waals surface area contributed by atoms with Gasteiger partial charge in [0, 0.05) is 64.0 Å². The fraction of sp³-hybridized carbons (Fsp3) is 0.333. The summed E-state index contributed by atoms with van der Waals surface area (Å²) >= 11 is 0. The highest BCUT2D eigenvalue weighted by atomic mass is 16.2. The first-order valence-corrected chi connectivity index (χ1v) is 10.0. The Balaban J connectivity index is -0.0000000334. The van der Waals surface area contributed by atoms with Crippen LogP contribution in [0.15, 0.2) is 109 Å². The minimum absolute atomic E-state index is 1.00. The largest absolute Gasteiger partial charge is 0.400 e. The Hall–Kier alpha value is -2.70. The van der Waals surface area contributed by atoms with E-state index in [9.17, 15) is 0 Å². The molecule has 0 saturated heterocycles. The summed E-state index contributed by atoms with van der Waals surface area (Å²) in [6.07, 6.45) is 0. The highest BCUT2D eigenvalue weighted by molar-refractivity contribution is 5.00. The van der Waals surface area contributed by atoms with Crippen LogP contribution in [0.2, 0.25) is 0 Å². The third-order valence-electron chi connectivity index (χ3n) is 2.00. The van der Waals surface area contributed by atoms with E-state index in [-0.39, 0.29) is 0 Å². The lowest BCUT2D eigenvalue weighted by atomic mass is 10.4. The molecule has 0 radical (unpaired) electrons. The molecule has 3 rings (SSSR count). The third-order valence-corrected chi connectivity index (χ3v) is 2.00. The summed E-state index contributed by atoms with van der Waals surface area (Å²) in [4.78, 5) is 0. The van der Waals surface area contributed by atoms with Crippen LogP contribution in [0.4, 0.5) is 0 Å². The summed E-state index contributed by atoms with van der Waals surface area (Å²) < 4.78 is 0. The minimum atomic E-state index is 1.00. The van der Waals surface area contributed by atoms with Crippen LogP contribution in [-0.2, 0) is 0 Å². The van der Waals surface area contributed by atoms with Crippen LogP contribution in [-0.4, -0.2) is 110 Å². The number of aliphatic hydroxyl groups is 9. The first kappa shape index (κ1) is 58.8. The predicted octanol–water partition coefficient (Wildman–Crippen LogP) is 1.54. The highest BCUT2D eigenvalue weighted by Crippen LogP contribution is 1.81. The molecule has 0 unspecified atom stereocenters. The van der Waals surface area contributed by atoms with E-state index in [1.165, 1.54) is 0 Å². The number of benzene rings is 3. The zero-order valence-corrected chi connectivity index (χ0v) is 23.4. The molecule has 0 fully saturated rings. The van der Waals surface area contributed by atoms with Gasteiger partial charge >= 0.3 is 0 Å². The van der Waals surface area contributed by atoms with Gasteiger partial charge in [0.1, 0.15) is 0 Å². The normalized spacial score (nSPS) is 5.50. The van der Waals surface area contributed by atoms with E-state index in [2.05, 4.69) is 0 Å². The molecule has 0 spiro atoms. The monoisotopic (exact) mass is 522 g/mol. The second kappa shape index (κ2) is 135. The van der Waals surface area contributed by atoms with Crippen molar-refractivity contribution in [2.24, 2.45) is 0 Å². The van der Waals surface area contributed by atoms with Crippen molar-refractivity contribution in [1.82, 2.24) is 0 Å². The van der Waals surface area contributed by atoms with Crippen LogP contribution < -0.4 is 0 Å². The lowest BCUT2D eigenvalue weighted by Crippen LogP contribution is -1.47. The van der Waals surface area contributed by atoms with Crippen molar-refractivity contribution in [1.29, 1.82) is 0 Å². The van der Waals surface area contributed by atoms with Crippen LogP contribution in [0.5, 0.6) is 0 Å². The van der Waals surface area contributed by atoms with Crippen molar-refractivity contribution >= 4 is 0 Å². The van der Waals surface area contributed by atoms with Crippen LogP contribution in [0.3, 0.4) is 0 Å².